The van der Waals surface area contributed by atoms with E-state index in [1.165, 1.54) is 24.3 Å². The van der Waals surface area contributed by atoms with Gasteiger partial charge in [-0.05, 0) is 30.5 Å². The van der Waals surface area contributed by atoms with Crippen LogP contribution in [0.2, 0.25) is 0 Å². The molecule has 34 heavy (non-hydrogen) atoms. The monoisotopic (exact) mass is 481 g/mol. The minimum Gasteiger partial charge on any atom is -0.508 e. The highest BCUT2D eigenvalue weighted by Crippen LogP contribution is 2.11. The lowest BCUT2D eigenvalue weighted by Crippen LogP contribution is -2.57. The first-order chi connectivity index (χ1) is 16.1. The summed E-state index contributed by atoms with van der Waals surface area (Å²) >= 11 is 0. The number of nitrogens with zero attached hydrogens (tertiary/aromatic N) is 1. The molecule has 0 bridgehead atoms. The largest absolute Gasteiger partial charge is 0.508 e. The number of aliphatic imine (C=N–C) groups is 1. The summed E-state index contributed by atoms with van der Waals surface area (Å²) in [6, 6.07) is 1.79. The molecule has 0 radical (unpaired) electrons. The van der Waals surface area contributed by atoms with Crippen LogP contribution in [0.1, 0.15) is 18.4 Å². The number of carboxylic acids is 1. The first-order valence-electron chi connectivity index (χ1n) is 10.3. The number of hydrogen-bond donors (Lipinski definition) is 9. The zero-order valence-electron chi connectivity index (χ0n) is 18.4. The second-order valence-corrected chi connectivity index (χ2v) is 7.29. The van der Waals surface area contributed by atoms with E-state index in [1.54, 1.807) is 0 Å². The topological polar surface area (TPSA) is 255 Å². The molecule has 1 aromatic rings. The molecule has 12 N–H and O–H groups in total. The van der Waals surface area contributed by atoms with Crippen molar-refractivity contribution in [1.82, 2.24) is 16.0 Å². The molecule has 0 aliphatic carbocycles. The SMILES string of the molecule is NCC(=O)NC(CCCN=C(N)N)C(=O)NC(CO)C(=O)NC(Cc1ccc(O)cc1)C(=O)O. The van der Waals surface area contributed by atoms with Gasteiger partial charge in [0.25, 0.3) is 0 Å². The van der Waals surface area contributed by atoms with E-state index >= 15 is 0 Å². The van der Waals surface area contributed by atoms with Gasteiger partial charge in [-0.1, -0.05) is 12.1 Å². The third kappa shape index (κ3) is 10.1. The number of aliphatic hydroxyl groups is 1. The van der Waals surface area contributed by atoms with E-state index in [-0.39, 0.29) is 37.6 Å². The molecule has 1 aromatic carbocycles. The molecule has 14 heteroatoms. The molecule has 0 aliphatic heterocycles. The number of rotatable bonds is 14. The summed E-state index contributed by atoms with van der Waals surface area (Å²) < 4.78 is 0. The van der Waals surface area contributed by atoms with E-state index in [0.717, 1.165) is 0 Å². The van der Waals surface area contributed by atoms with E-state index < -0.39 is 48.4 Å². The Hall–Kier alpha value is -3.91. The molecular weight excluding hydrogens is 450 g/mol. The number of nitrogens with two attached hydrogens (primary N) is 3. The van der Waals surface area contributed by atoms with Crippen LogP contribution in [-0.2, 0) is 25.6 Å². The third-order valence-corrected chi connectivity index (χ3v) is 4.59. The number of phenols is 1. The number of phenolic OH excluding ortho intramolecular Hbond substituents is 1. The fourth-order valence-corrected chi connectivity index (χ4v) is 2.83. The van der Waals surface area contributed by atoms with Crippen LogP contribution in [0.3, 0.4) is 0 Å². The second kappa shape index (κ2) is 14.3. The number of benzene rings is 1. The highest BCUT2D eigenvalue weighted by molar-refractivity contribution is 5.93. The van der Waals surface area contributed by atoms with Crippen LogP contribution in [0.4, 0.5) is 0 Å². The van der Waals surface area contributed by atoms with Crippen LogP contribution < -0.4 is 33.2 Å². The number of guanidine groups is 1. The summed E-state index contributed by atoms with van der Waals surface area (Å²) in [5.74, 6) is -3.82. The second-order valence-electron chi connectivity index (χ2n) is 7.29. The molecule has 0 saturated heterocycles. The maximum absolute atomic E-state index is 12.7. The number of hydrogen-bond acceptors (Lipinski definition) is 8. The number of aromatic hydroxyl groups is 1. The Kier molecular flexibility index (Phi) is 11.8. The van der Waals surface area contributed by atoms with Crippen molar-refractivity contribution in [2.45, 2.75) is 37.4 Å². The molecule has 0 aromatic heterocycles. The molecule has 0 spiro atoms. The van der Waals surface area contributed by atoms with Gasteiger partial charge in [0.05, 0.1) is 13.2 Å². The van der Waals surface area contributed by atoms with Gasteiger partial charge in [0.2, 0.25) is 17.7 Å². The Morgan fingerprint density at radius 2 is 1.53 bits per heavy atom. The van der Waals surface area contributed by atoms with Crippen LogP contribution in [-0.4, -0.2) is 82.8 Å². The average Bonchev–Trinajstić information content (AvgIpc) is 2.79. The van der Waals surface area contributed by atoms with Gasteiger partial charge in [0.1, 0.15) is 23.9 Å². The number of aliphatic carboxylic acids is 1. The summed E-state index contributed by atoms with van der Waals surface area (Å²) in [6.07, 6.45) is 0.310. The zero-order valence-corrected chi connectivity index (χ0v) is 18.4. The van der Waals surface area contributed by atoms with Crippen molar-refractivity contribution < 1.29 is 34.5 Å². The highest BCUT2D eigenvalue weighted by Gasteiger charge is 2.29. The predicted octanol–water partition coefficient (Wildman–Crippen LogP) is -3.52. The number of carboxylic acid groups (broad SMARTS) is 1. The summed E-state index contributed by atoms with van der Waals surface area (Å²) in [7, 11) is 0. The van der Waals surface area contributed by atoms with Crippen molar-refractivity contribution in [2.24, 2.45) is 22.2 Å². The van der Waals surface area contributed by atoms with Crippen LogP contribution in [0.25, 0.3) is 0 Å². The first kappa shape index (κ1) is 28.1. The Labute approximate surface area is 195 Å². The van der Waals surface area contributed by atoms with Crippen LogP contribution in [0.5, 0.6) is 5.75 Å². The maximum Gasteiger partial charge on any atom is 0.326 e. The molecule has 3 atom stereocenters. The van der Waals surface area contributed by atoms with E-state index in [9.17, 15) is 34.5 Å². The van der Waals surface area contributed by atoms with Crippen molar-refractivity contribution in [3.8, 4) is 5.75 Å². The minimum atomic E-state index is -1.48. The molecule has 14 nitrogen and oxygen atoms in total. The predicted molar refractivity (Wildman–Crippen MR) is 121 cm³/mol. The van der Waals surface area contributed by atoms with Gasteiger partial charge in [0, 0.05) is 13.0 Å². The molecule has 3 unspecified atom stereocenters. The Morgan fingerprint density at radius 3 is 2.06 bits per heavy atom. The number of carbonyl (C=O) groups excluding carboxylic acids is 3. The van der Waals surface area contributed by atoms with Gasteiger partial charge in [-0.25, -0.2) is 4.79 Å². The number of aliphatic hydroxyl groups excluding tert-OH is 1. The summed E-state index contributed by atoms with van der Waals surface area (Å²) in [4.78, 5) is 52.3. The average molecular weight is 482 g/mol. The molecule has 0 saturated carbocycles. The smallest absolute Gasteiger partial charge is 0.326 e. The van der Waals surface area contributed by atoms with Crippen LogP contribution in [0.15, 0.2) is 29.3 Å². The summed E-state index contributed by atoms with van der Waals surface area (Å²) in [5, 5.41) is 35.3. The normalized spacial score (nSPS) is 13.1. The molecule has 0 heterocycles. The van der Waals surface area contributed by atoms with Crippen LogP contribution in [0, 0.1) is 0 Å². The standard InChI is InChI=1S/C20H31N7O7/c21-9-16(30)25-13(2-1-7-24-20(22)23)17(31)27-15(10-28)18(32)26-14(19(33)34)8-11-3-5-12(29)6-4-11/h3-6,13-15,28-29H,1-2,7-10,21H2,(H,25,30)(H,26,32)(H,27,31)(H,33,34)(H4,22,23,24). The summed E-state index contributed by atoms with van der Waals surface area (Å²) in [5.41, 5.74) is 16.3. The highest BCUT2D eigenvalue weighted by atomic mass is 16.4. The zero-order chi connectivity index (χ0) is 25.7. The van der Waals surface area contributed by atoms with Gasteiger partial charge in [-0.15, -0.1) is 0 Å². The molecule has 0 fully saturated rings. The lowest BCUT2D eigenvalue weighted by molar-refractivity contribution is -0.142. The maximum atomic E-state index is 12.7. The van der Waals surface area contributed by atoms with Crippen molar-refractivity contribution in [2.75, 3.05) is 19.7 Å². The fourth-order valence-electron chi connectivity index (χ4n) is 2.83. The van der Waals surface area contributed by atoms with Crippen molar-refractivity contribution in [3.05, 3.63) is 29.8 Å². The van der Waals surface area contributed by atoms with Gasteiger partial charge in [-0.3, -0.25) is 19.4 Å². The van der Waals surface area contributed by atoms with Crippen molar-refractivity contribution >= 4 is 29.7 Å². The Balaban J connectivity index is 2.83. The lowest BCUT2D eigenvalue weighted by Gasteiger charge is -2.23. The Bertz CT molecular complexity index is 873. The van der Waals surface area contributed by atoms with Crippen molar-refractivity contribution in [1.29, 1.82) is 0 Å². The van der Waals surface area contributed by atoms with E-state index in [4.69, 9.17) is 17.2 Å². The number of amides is 3. The van der Waals surface area contributed by atoms with Gasteiger partial charge in [0.15, 0.2) is 5.96 Å². The van der Waals surface area contributed by atoms with Gasteiger partial charge >= 0.3 is 5.97 Å². The van der Waals surface area contributed by atoms with Crippen molar-refractivity contribution in [3.63, 3.8) is 0 Å². The lowest BCUT2D eigenvalue weighted by atomic mass is 10.1. The molecule has 0 aliphatic rings. The third-order valence-electron chi connectivity index (χ3n) is 4.59. The molecule has 188 valence electrons. The van der Waals surface area contributed by atoms with E-state index in [1.807, 2.05) is 0 Å². The fraction of sp³-hybridized carbons (Fsp3) is 0.450. The summed E-state index contributed by atoms with van der Waals surface area (Å²) in [6.45, 7) is -1.01. The molecule has 3 amide bonds. The van der Waals surface area contributed by atoms with E-state index in [2.05, 4.69) is 20.9 Å². The van der Waals surface area contributed by atoms with E-state index in [0.29, 0.717) is 12.0 Å². The quantitative estimate of drug-likeness (QED) is 0.0718. The van der Waals surface area contributed by atoms with Gasteiger partial charge in [-0.2, -0.15) is 0 Å². The van der Waals surface area contributed by atoms with Crippen LogP contribution >= 0.6 is 0 Å². The number of nitrogens with one attached hydrogen (secondary N) is 3. The molecular formula is C20H31N7O7. The molecule has 1 rings (SSSR count). The number of carbonyl (C=O) groups is 4. The first-order valence-corrected chi connectivity index (χ1v) is 10.3. The minimum absolute atomic E-state index is 0.00250. The Morgan fingerprint density at radius 1 is 0.941 bits per heavy atom. The van der Waals surface area contributed by atoms with Gasteiger partial charge < -0.3 is 48.5 Å².